The molecule has 1 saturated heterocycles. The Morgan fingerprint density at radius 3 is 2.39 bits per heavy atom. The zero-order valence-electron chi connectivity index (χ0n) is 12.2. The summed E-state index contributed by atoms with van der Waals surface area (Å²) in [6, 6.07) is 0.445. The van der Waals surface area contributed by atoms with Crippen molar-refractivity contribution in [2.45, 2.75) is 43.2 Å². The zero-order chi connectivity index (χ0) is 16.7. The molecule has 0 amide bonds. The van der Waals surface area contributed by atoms with Gasteiger partial charge in [0.1, 0.15) is 6.10 Å². The number of rotatable bonds is 4. The van der Waals surface area contributed by atoms with Crippen molar-refractivity contribution in [3.05, 3.63) is 18.0 Å². The summed E-state index contributed by atoms with van der Waals surface area (Å²) in [7, 11) is -3.21. The number of hydrogen-bond donors (Lipinski definition) is 0. The molecule has 1 aromatic rings. The van der Waals surface area contributed by atoms with Gasteiger partial charge in [0.05, 0.1) is 5.25 Å². The van der Waals surface area contributed by atoms with E-state index in [1.54, 1.807) is 0 Å². The third-order valence-corrected chi connectivity index (χ3v) is 6.30. The number of alkyl halides is 3. The maximum absolute atomic E-state index is 12.6. The van der Waals surface area contributed by atoms with E-state index in [1.807, 2.05) is 0 Å². The average molecular weight is 351 g/mol. The van der Waals surface area contributed by atoms with Gasteiger partial charge in [-0.2, -0.15) is 18.2 Å². The molecule has 1 aromatic heterocycles. The van der Waals surface area contributed by atoms with Crippen LogP contribution in [0.5, 0.6) is 6.01 Å². The fraction of sp³-hybridized carbons (Fsp3) is 0.692. The van der Waals surface area contributed by atoms with Crippen molar-refractivity contribution in [3.63, 3.8) is 0 Å². The SMILES string of the molecule is O=S(=O)(C1CC1)N1CCC(Oc2nccc(C(F)(F)F)n2)CC1. The minimum atomic E-state index is -4.55. The molecular weight excluding hydrogens is 335 g/mol. The van der Waals surface area contributed by atoms with Gasteiger partial charge in [0.15, 0.2) is 5.69 Å². The number of halogens is 3. The Morgan fingerprint density at radius 1 is 1.17 bits per heavy atom. The van der Waals surface area contributed by atoms with Crippen molar-refractivity contribution in [2.75, 3.05) is 13.1 Å². The smallest absolute Gasteiger partial charge is 0.433 e. The maximum atomic E-state index is 12.6. The highest BCUT2D eigenvalue weighted by Gasteiger charge is 2.41. The summed E-state index contributed by atoms with van der Waals surface area (Å²) in [6.07, 6.45) is -1.71. The van der Waals surface area contributed by atoms with E-state index in [4.69, 9.17) is 4.74 Å². The average Bonchev–Trinajstić information content (AvgIpc) is 3.32. The molecule has 2 fully saturated rings. The van der Waals surface area contributed by atoms with Gasteiger partial charge in [-0.05, 0) is 31.7 Å². The number of aromatic nitrogens is 2. The summed E-state index contributed by atoms with van der Waals surface area (Å²) >= 11 is 0. The van der Waals surface area contributed by atoms with Crippen molar-refractivity contribution in [1.82, 2.24) is 14.3 Å². The van der Waals surface area contributed by atoms with E-state index in [1.165, 1.54) is 4.31 Å². The predicted octanol–water partition coefficient (Wildman–Crippen LogP) is 1.83. The second-order valence-corrected chi connectivity index (χ2v) is 7.90. The van der Waals surface area contributed by atoms with Gasteiger partial charge in [-0.15, -0.1) is 0 Å². The van der Waals surface area contributed by atoms with E-state index in [0.29, 0.717) is 38.8 Å². The van der Waals surface area contributed by atoms with Crippen LogP contribution < -0.4 is 4.74 Å². The second kappa shape index (κ2) is 5.90. The highest BCUT2D eigenvalue weighted by molar-refractivity contribution is 7.90. The topological polar surface area (TPSA) is 72.4 Å². The van der Waals surface area contributed by atoms with Crippen LogP contribution in [0.15, 0.2) is 12.3 Å². The van der Waals surface area contributed by atoms with Gasteiger partial charge in [-0.1, -0.05) is 0 Å². The summed E-state index contributed by atoms with van der Waals surface area (Å²) in [5.41, 5.74) is -1.06. The van der Waals surface area contributed by atoms with Crippen molar-refractivity contribution >= 4 is 10.0 Å². The Labute approximate surface area is 131 Å². The number of hydrogen-bond acceptors (Lipinski definition) is 5. The van der Waals surface area contributed by atoms with Gasteiger partial charge < -0.3 is 4.74 Å². The Hall–Kier alpha value is -1.42. The Bertz CT molecular complexity index is 669. The lowest BCUT2D eigenvalue weighted by Gasteiger charge is -2.30. The third kappa shape index (κ3) is 3.74. The molecule has 2 aliphatic rings. The van der Waals surface area contributed by atoms with Crippen molar-refractivity contribution in [3.8, 4) is 6.01 Å². The summed E-state index contributed by atoms with van der Waals surface area (Å²) in [6.45, 7) is 0.616. The summed E-state index contributed by atoms with van der Waals surface area (Å²) in [4.78, 5) is 7.04. The first kappa shape index (κ1) is 16.4. The molecule has 0 N–H and O–H groups in total. The zero-order valence-corrected chi connectivity index (χ0v) is 13.0. The van der Waals surface area contributed by atoms with E-state index in [0.717, 1.165) is 12.3 Å². The molecule has 6 nitrogen and oxygen atoms in total. The van der Waals surface area contributed by atoms with Crippen LogP contribution in [0.2, 0.25) is 0 Å². The third-order valence-electron chi connectivity index (χ3n) is 3.90. The van der Waals surface area contributed by atoms with Crippen molar-refractivity contribution in [2.24, 2.45) is 0 Å². The molecule has 3 rings (SSSR count). The minimum Gasteiger partial charge on any atom is -0.460 e. The molecule has 1 saturated carbocycles. The van der Waals surface area contributed by atoms with Crippen LogP contribution >= 0.6 is 0 Å². The van der Waals surface area contributed by atoms with Crippen molar-refractivity contribution < 1.29 is 26.3 Å². The van der Waals surface area contributed by atoms with Gasteiger partial charge in [-0.3, -0.25) is 0 Å². The van der Waals surface area contributed by atoms with E-state index >= 15 is 0 Å². The fourth-order valence-corrected chi connectivity index (χ4v) is 4.36. The van der Waals surface area contributed by atoms with Gasteiger partial charge in [0.25, 0.3) is 0 Å². The van der Waals surface area contributed by atoms with E-state index in [2.05, 4.69) is 9.97 Å². The van der Waals surface area contributed by atoms with E-state index in [-0.39, 0.29) is 17.4 Å². The molecular formula is C13H16F3N3O3S. The summed E-state index contributed by atoms with van der Waals surface area (Å²) in [5.74, 6) is 0. The van der Waals surface area contributed by atoms with Crippen LogP contribution in [0.4, 0.5) is 13.2 Å². The molecule has 0 aromatic carbocycles. The van der Waals surface area contributed by atoms with E-state index < -0.39 is 21.9 Å². The summed E-state index contributed by atoms with van der Waals surface area (Å²) in [5, 5.41) is -0.258. The molecule has 0 atom stereocenters. The number of piperidine rings is 1. The van der Waals surface area contributed by atoms with Crippen molar-refractivity contribution in [1.29, 1.82) is 0 Å². The number of nitrogens with zero attached hydrogens (tertiary/aromatic N) is 3. The van der Waals surface area contributed by atoms with Gasteiger partial charge in [0, 0.05) is 19.3 Å². The normalized spacial score (nSPS) is 21.3. The predicted molar refractivity (Wildman–Crippen MR) is 74.2 cm³/mol. The molecule has 10 heteroatoms. The van der Waals surface area contributed by atoms with Gasteiger partial charge >= 0.3 is 12.2 Å². The number of sulfonamides is 1. The molecule has 23 heavy (non-hydrogen) atoms. The first-order valence-corrected chi connectivity index (χ1v) is 8.83. The quantitative estimate of drug-likeness (QED) is 0.828. The molecule has 0 radical (unpaired) electrons. The lowest BCUT2D eigenvalue weighted by atomic mass is 10.1. The molecule has 0 bridgehead atoms. The Kier molecular flexibility index (Phi) is 4.21. The van der Waals surface area contributed by atoms with Gasteiger partial charge in [0.2, 0.25) is 10.0 Å². The first-order valence-electron chi connectivity index (χ1n) is 7.32. The lowest BCUT2D eigenvalue weighted by Crippen LogP contribution is -2.43. The van der Waals surface area contributed by atoms with Crippen LogP contribution in [-0.2, 0) is 16.2 Å². The fourth-order valence-electron chi connectivity index (χ4n) is 2.49. The molecule has 2 heterocycles. The molecule has 0 unspecified atom stereocenters. The minimum absolute atomic E-state index is 0.258. The largest absolute Gasteiger partial charge is 0.460 e. The highest BCUT2D eigenvalue weighted by atomic mass is 32.2. The van der Waals surface area contributed by atoms with Crippen LogP contribution in [0.1, 0.15) is 31.4 Å². The van der Waals surface area contributed by atoms with Gasteiger partial charge in [-0.25, -0.2) is 17.7 Å². The second-order valence-electron chi connectivity index (χ2n) is 5.68. The van der Waals surface area contributed by atoms with Crippen LogP contribution in [0.25, 0.3) is 0 Å². The van der Waals surface area contributed by atoms with Crippen LogP contribution in [-0.4, -0.2) is 47.1 Å². The standard InChI is InChI=1S/C13H16F3N3O3S/c14-13(15,16)11-3-6-17-12(18-11)22-9-4-7-19(8-5-9)23(20,21)10-1-2-10/h3,6,9-10H,1-2,4-5,7-8H2. The van der Waals surface area contributed by atoms with Crippen LogP contribution in [0, 0.1) is 0 Å². The van der Waals surface area contributed by atoms with Crippen LogP contribution in [0.3, 0.4) is 0 Å². The molecule has 0 spiro atoms. The Morgan fingerprint density at radius 2 is 1.83 bits per heavy atom. The number of ether oxygens (including phenoxy) is 1. The molecule has 1 aliphatic carbocycles. The Balaban J connectivity index is 1.59. The monoisotopic (exact) mass is 351 g/mol. The highest BCUT2D eigenvalue weighted by Crippen LogP contribution is 2.33. The van der Waals surface area contributed by atoms with E-state index in [9.17, 15) is 21.6 Å². The summed E-state index contributed by atoms with van der Waals surface area (Å²) < 4.78 is 68.8. The molecule has 1 aliphatic heterocycles. The maximum Gasteiger partial charge on any atom is 0.433 e. The molecule has 128 valence electrons. The first-order chi connectivity index (χ1) is 10.8. The lowest BCUT2D eigenvalue weighted by molar-refractivity contribution is -0.141.